The van der Waals surface area contributed by atoms with E-state index >= 15 is 0 Å². The Bertz CT molecular complexity index is 200. The van der Waals surface area contributed by atoms with Gasteiger partial charge in [-0.2, -0.15) is 0 Å². The van der Waals surface area contributed by atoms with Crippen molar-refractivity contribution >= 4 is 5.97 Å². The zero-order valence-electron chi connectivity index (χ0n) is 7.23. The van der Waals surface area contributed by atoms with Crippen molar-refractivity contribution in [2.75, 3.05) is 0 Å². The second-order valence-corrected chi connectivity index (χ2v) is 2.30. The van der Waals surface area contributed by atoms with Crippen molar-refractivity contribution < 1.29 is 9.90 Å². The first kappa shape index (κ1) is 10.7. The molecule has 1 N–H and O–H groups in total. The van der Waals surface area contributed by atoms with Crippen LogP contribution in [0.2, 0.25) is 0 Å². The lowest BCUT2D eigenvalue weighted by atomic mass is 10.3. The lowest BCUT2D eigenvalue weighted by Crippen LogP contribution is -1.84. The molecule has 0 spiro atoms. The molecule has 2 nitrogen and oxygen atoms in total. The highest BCUT2D eigenvalue weighted by Gasteiger charge is 1.79. The molecule has 0 aliphatic heterocycles. The fraction of sp³-hybridized carbons (Fsp3) is 0.300. The van der Waals surface area contributed by atoms with Gasteiger partial charge in [-0.3, -0.25) is 0 Å². The van der Waals surface area contributed by atoms with E-state index in [9.17, 15) is 4.79 Å². The van der Waals surface area contributed by atoms with E-state index < -0.39 is 5.97 Å². The van der Waals surface area contributed by atoms with Crippen LogP contribution in [-0.2, 0) is 4.79 Å². The van der Waals surface area contributed by atoms with E-state index in [2.05, 4.69) is 6.92 Å². The summed E-state index contributed by atoms with van der Waals surface area (Å²) in [4.78, 5) is 10.00. The van der Waals surface area contributed by atoms with Crippen LogP contribution in [0.25, 0.3) is 0 Å². The van der Waals surface area contributed by atoms with Crippen molar-refractivity contribution in [3.05, 3.63) is 36.5 Å². The first-order valence-corrected chi connectivity index (χ1v) is 4.00. The fourth-order valence-corrected chi connectivity index (χ4v) is 0.608. The molecule has 0 aliphatic rings. The molecule has 0 aromatic heterocycles. The Labute approximate surface area is 72.9 Å². The van der Waals surface area contributed by atoms with Gasteiger partial charge in [-0.1, -0.05) is 43.7 Å². The van der Waals surface area contributed by atoms with Gasteiger partial charge in [0.15, 0.2) is 0 Å². The molecule has 12 heavy (non-hydrogen) atoms. The Kier molecular flexibility index (Phi) is 6.94. The SMILES string of the molecule is CCCC=CC=CC=CC(=O)O. The van der Waals surface area contributed by atoms with Gasteiger partial charge in [-0.05, 0) is 6.42 Å². The summed E-state index contributed by atoms with van der Waals surface area (Å²) in [6.07, 6.45) is 12.3. The molecule has 0 saturated heterocycles. The van der Waals surface area contributed by atoms with Crippen LogP contribution in [0.5, 0.6) is 0 Å². The topological polar surface area (TPSA) is 37.3 Å². The summed E-state index contributed by atoms with van der Waals surface area (Å²) < 4.78 is 0. The number of rotatable bonds is 5. The summed E-state index contributed by atoms with van der Waals surface area (Å²) >= 11 is 0. The van der Waals surface area contributed by atoms with Crippen LogP contribution in [0, 0.1) is 0 Å². The Morgan fingerprint density at radius 2 is 1.92 bits per heavy atom. The van der Waals surface area contributed by atoms with E-state index in [1.54, 1.807) is 6.08 Å². The molecule has 0 saturated carbocycles. The lowest BCUT2D eigenvalue weighted by molar-refractivity contribution is -0.131. The van der Waals surface area contributed by atoms with Crippen molar-refractivity contribution in [1.82, 2.24) is 0 Å². The zero-order chi connectivity index (χ0) is 9.23. The van der Waals surface area contributed by atoms with Crippen molar-refractivity contribution in [2.24, 2.45) is 0 Å². The maximum Gasteiger partial charge on any atom is 0.328 e. The molecule has 0 aromatic carbocycles. The molecule has 0 aliphatic carbocycles. The van der Waals surface area contributed by atoms with Crippen molar-refractivity contribution in [2.45, 2.75) is 19.8 Å². The second kappa shape index (κ2) is 7.79. The van der Waals surface area contributed by atoms with Gasteiger partial charge in [0.25, 0.3) is 0 Å². The van der Waals surface area contributed by atoms with Crippen LogP contribution in [0.1, 0.15) is 19.8 Å². The normalized spacial score (nSPS) is 12.1. The van der Waals surface area contributed by atoms with Gasteiger partial charge in [0.1, 0.15) is 0 Å². The maximum atomic E-state index is 10.00. The number of aliphatic carboxylic acids is 1. The summed E-state index contributed by atoms with van der Waals surface area (Å²) in [5.74, 6) is -0.919. The first-order valence-electron chi connectivity index (χ1n) is 4.00. The lowest BCUT2D eigenvalue weighted by Gasteiger charge is -1.79. The Morgan fingerprint density at radius 3 is 2.50 bits per heavy atom. The second-order valence-electron chi connectivity index (χ2n) is 2.30. The van der Waals surface area contributed by atoms with E-state index in [1.807, 2.05) is 18.2 Å². The summed E-state index contributed by atoms with van der Waals surface area (Å²) in [5, 5.41) is 8.22. The number of allylic oxidation sites excluding steroid dienone is 5. The highest BCUT2D eigenvalue weighted by atomic mass is 16.4. The number of hydrogen-bond donors (Lipinski definition) is 1. The molecule has 0 bridgehead atoms. The van der Waals surface area contributed by atoms with Gasteiger partial charge in [0, 0.05) is 6.08 Å². The number of carboxylic acids is 1. The van der Waals surface area contributed by atoms with Gasteiger partial charge in [-0.15, -0.1) is 0 Å². The molecule has 0 atom stereocenters. The average Bonchev–Trinajstić information content (AvgIpc) is 2.02. The molecule has 66 valence electrons. The monoisotopic (exact) mass is 166 g/mol. The van der Waals surface area contributed by atoms with E-state index in [-0.39, 0.29) is 0 Å². The molecule has 0 unspecified atom stereocenters. The smallest absolute Gasteiger partial charge is 0.328 e. The van der Waals surface area contributed by atoms with Gasteiger partial charge < -0.3 is 5.11 Å². The van der Waals surface area contributed by atoms with Gasteiger partial charge >= 0.3 is 5.97 Å². The number of carbonyl (C=O) groups is 1. The predicted molar refractivity (Wildman–Crippen MR) is 50.0 cm³/mol. The van der Waals surface area contributed by atoms with Crippen LogP contribution in [0.4, 0.5) is 0 Å². The molecule has 0 fully saturated rings. The van der Waals surface area contributed by atoms with Gasteiger partial charge in [-0.25, -0.2) is 4.79 Å². The molecule has 0 aromatic rings. The Morgan fingerprint density at radius 1 is 1.25 bits per heavy atom. The largest absolute Gasteiger partial charge is 0.478 e. The van der Waals surface area contributed by atoms with E-state index in [4.69, 9.17) is 5.11 Å². The molecule has 0 heterocycles. The van der Waals surface area contributed by atoms with Crippen molar-refractivity contribution in [1.29, 1.82) is 0 Å². The molecule has 2 heteroatoms. The summed E-state index contributed by atoms with van der Waals surface area (Å²) in [7, 11) is 0. The molecule has 0 radical (unpaired) electrons. The fourth-order valence-electron chi connectivity index (χ4n) is 0.608. The van der Waals surface area contributed by atoms with Crippen LogP contribution in [0.3, 0.4) is 0 Å². The minimum atomic E-state index is -0.919. The summed E-state index contributed by atoms with van der Waals surface area (Å²) in [6, 6.07) is 0. The zero-order valence-corrected chi connectivity index (χ0v) is 7.23. The minimum absolute atomic E-state index is 0.919. The third-order valence-electron chi connectivity index (χ3n) is 1.16. The van der Waals surface area contributed by atoms with Gasteiger partial charge in [0.05, 0.1) is 0 Å². The molecular weight excluding hydrogens is 152 g/mol. The van der Waals surface area contributed by atoms with Crippen LogP contribution in [-0.4, -0.2) is 11.1 Å². The number of carboxylic acid groups (broad SMARTS) is 1. The summed E-state index contributed by atoms with van der Waals surface area (Å²) in [5.41, 5.74) is 0. The quantitative estimate of drug-likeness (QED) is 0.503. The van der Waals surface area contributed by atoms with Crippen LogP contribution < -0.4 is 0 Å². The van der Waals surface area contributed by atoms with E-state index in [0.717, 1.165) is 18.9 Å². The third-order valence-corrected chi connectivity index (χ3v) is 1.16. The first-order chi connectivity index (χ1) is 5.77. The highest BCUT2D eigenvalue weighted by molar-refractivity contribution is 5.80. The number of hydrogen-bond acceptors (Lipinski definition) is 1. The van der Waals surface area contributed by atoms with E-state index in [1.165, 1.54) is 6.08 Å². The standard InChI is InChI=1S/C10H14O2/c1-2-3-4-5-6-7-8-9-10(11)12/h4-9H,2-3H2,1H3,(H,11,12). The van der Waals surface area contributed by atoms with Crippen LogP contribution >= 0.6 is 0 Å². The van der Waals surface area contributed by atoms with Crippen molar-refractivity contribution in [3.63, 3.8) is 0 Å². The Hall–Kier alpha value is -1.31. The van der Waals surface area contributed by atoms with Gasteiger partial charge in [0.2, 0.25) is 0 Å². The van der Waals surface area contributed by atoms with Crippen LogP contribution in [0.15, 0.2) is 36.5 Å². The molecule has 0 rings (SSSR count). The minimum Gasteiger partial charge on any atom is -0.478 e. The van der Waals surface area contributed by atoms with E-state index in [0.29, 0.717) is 0 Å². The molecule has 0 amide bonds. The molecular formula is C10H14O2. The average molecular weight is 166 g/mol. The summed E-state index contributed by atoms with van der Waals surface area (Å²) in [6.45, 7) is 2.11. The van der Waals surface area contributed by atoms with Crippen molar-refractivity contribution in [3.8, 4) is 0 Å². The highest BCUT2D eigenvalue weighted by Crippen LogP contribution is 1.88. The Balaban J connectivity index is 3.56. The predicted octanol–water partition coefficient (Wildman–Crippen LogP) is 2.54. The number of unbranched alkanes of at least 4 members (excludes halogenated alkanes) is 1. The maximum absolute atomic E-state index is 10.00. The third kappa shape index (κ3) is 8.69.